The first-order valence-electron chi connectivity index (χ1n) is 10.9. The normalized spacial score (nSPS) is 18.5. The minimum Gasteiger partial charge on any atom is -0.508 e. The molecule has 1 N–H and O–H groups in total. The van der Waals surface area contributed by atoms with Crippen molar-refractivity contribution < 1.29 is 24.2 Å². The molecule has 2 aromatic carbocycles. The Kier molecular flexibility index (Phi) is 7.30. The van der Waals surface area contributed by atoms with Crippen LogP contribution in [0.1, 0.15) is 41.4 Å². The average Bonchev–Trinajstić information content (AvgIpc) is 3.04. The van der Waals surface area contributed by atoms with E-state index in [0.717, 1.165) is 13.1 Å². The van der Waals surface area contributed by atoms with Gasteiger partial charge >= 0.3 is 0 Å². The van der Waals surface area contributed by atoms with Gasteiger partial charge in [-0.05, 0) is 61.5 Å². The van der Waals surface area contributed by atoms with Crippen LogP contribution in [0.2, 0.25) is 0 Å². The molecule has 3 rings (SSSR count). The van der Waals surface area contributed by atoms with Gasteiger partial charge in [-0.15, -0.1) is 0 Å². The quantitative estimate of drug-likeness (QED) is 0.368. The SMILES string of the molecule is CCN(CC)CCN1C(=O)C(=O)C(C(=O)c2ccc(OC)cc2C)C1c1ccc(O)cc1. The van der Waals surface area contributed by atoms with Gasteiger partial charge < -0.3 is 19.6 Å². The molecule has 32 heavy (non-hydrogen) atoms. The first-order valence-corrected chi connectivity index (χ1v) is 10.9. The maximum absolute atomic E-state index is 13.6. The Morgan fingerprint density at radius 1 is 1.09 bits per heavy atom. The predicted molar refractivity (Wildman–Crippen MR) is 121 cm³/mol. The van der Waals surface area contributed by atoms with Gasteiger partial charge in [0, 0.05) is 18.7 Å². The maximum atomic E-state index is 13.6. The maximum Gasteiger partial charge on any atom is 0.291 e. The highest BCUT2D eigenvalue weighted by atomic mass is 16.5. The number of aromatic hydroxyl groups is 1. The molecule has 0 aromatic heterocycles. The number of hydrogen-bond acceptors (Lipinski definition) is 6. The second kappa shape index (κ2) is 9.96. The van der Waals surface area contributed by atoms with Crippen molar-refractivity contribution in [3.63, 3.8) is 0 Å². The first-order chi connectivity index (χ1) is 15.3. The summed E-state index contributed by atoms with van der Waals surface area (Å²) in [6.45, 7) is 8.44. The molecule has 1 heterocycles. The third-order valence-corrected chi connectivity index (χ3v) is 6.17. The van der Waals surface area contributed by atoms with E-state index in [1.807, 2.05) is 13.8 Å². The molecule has 0 saturated carbocycles. The van der Waals surface area contributed by atoms with Crippen LogP contribution in [0.3, 0.4) is 0 Å². The molecular weight excluding hydrogens is 408 g/mol. The van der Waals surface area contributed by atoms with Crippen LogP contribution in [-0.2, 0) is 9.59 Å². The Bertz CT molecular complexity index is 998. The number of likely N-dealkylation sites (N-methyl/N-ethyl adjacent to an activating group) is 1. The van der Waals surface area contributed by atoms with Crippen molar-refractivity contribution in [1.82, 2.24) is 9.80 Å². The number of phenolic OH excluding ortho intramolecular Hbond substituents is 1. The number of phenols is 1. The van der Waals surface area contributed by atoms with Gasteiger partial charge in [0.05, 0.1) is 13.2 Å². The molecule has 7 heteroatoms. The number of nitrogens with zero attached hydrogens (tertiary/aromatic N) is 2. The molecule has 1 aliphatic rings. The van der Waals surface area contributed by atoms with Crippen molar-refractivity contribution >= 4 is 17.5 Å². The number of ether oxygens (including phenoxy) is 1. The van der Waals surface area contributed by atoms with Crippen LogP contribution in [0.15, 0.2) is 42.5 Å². The summed E-state index contributed by atoms with van der Waals surface area (Å²) in [5, 5.41) is 9.72. The summed E-state index contributed by atoms with van der Waals surface area (Å²) in [7, 11) is 1.55. The van der Waals surface area contributed by atoms with Crippen LogP contribution in [0.25, 0.3) is 0 Å². The number of methoxy groups -OCH3 is 1. The molecule has 2 aromatic rings. The zero-order valence-corrected chi connectivity index (χ0v) is 19.0. The van der Waals surface area contributed by atoms with Gasteiger partial charge in [0.2, 0.25) is 5.78 Å². The standard InChI is InChI=1S/C25H30N2O5/c1-5-26(6-2)13-14-27-22(17-7-9-18(28)10-8-17)21(24(30)25(27)31)23(29)20-12-11-19(32-4)15-16(20)3/h7-12,15,21-22,28H,5-6,13-14H2,1-4H3. The predicted octanol–water partition coefficient (Wildman–Crippen LogP) is 3.00. The average molecular weight is 439 g/mol. The van der Waals surface area contributed by atoms with Crippen molar-refractivity contribution in [2.45, 2.75) is 26.8 Å². The Hall–Kier alpha value is -3.19. The van der Waals surface area contributed by atoms with Gasteiger partial charge in [-0.25, -0.2) is 0 Å². The van der Waals surface area contributed by atoms with Crippen LogP contribution in [0.5, 0.6) is 11.5 Å². The van der Waals surface area contributed by atoms with Gasteiger partial charge in [-0.3, -0.25) is 14.4 Å². The fourth-order valence-electron chi connectivity index (χ4n) is 4.27. The van der Waals surface area contributed by atoms with Crippen molar-refractivity contribution in [3.8, 4) is 11.5 Å². The number of rotatable bonds is 9. The Morgan fingerprint density at radius 3 is 2.31 bits per heavy atom. The number of likely N-dealkylation sites (tertiary alicyclic amines) is 1. The second-order valence-corrected chi connectivity index (χ2v) is 7.95. The van der Waals surface area contributed by atoms with E-state index < -0.39 is 23.7 Å². The number of benzene rings is 2. The molecular formula is C25H30N2O5. The second-order valence-electron chi connectivity index (χ2n) is 7.95. The van der Waals surface area contributed by atoms with Gasteiger partial charge in [-0.1, -0.05) is 26.0 Å². The molecule has 1 saturated heterocycles. The van der Waals surface area contributed by atoms with E-state index in [4.69, 9.17) is 4.74 Å². The van der Waals surface area contributed by atoms with Crippen molar-refractivity contribution in [1.29, 1.82) is 0 Å². The monoisotopic (exact) mass is 438 g/mol. The van der Waals surface area contributed by atoms with Gasteiger partial charge in [0.1, 0.15) is 17.4 Å². The molecule has 0 spiro atoms. The van der Waals surface area contributed by atoms with Crippen LogP contribution < -0.4 is 4.74 Å². The fraction of sp³-hybridized carbons (Fsp3) is 0.400. The molecule has 2 unspecified atom stereocenters. The summed E-state index contributed by atoms with van der Waals surface area (Å²) in [6.07, 6.45) is 0. The molecule has 170 valence electrons. The lowest BCUT2D eigenvalue weighted by Crippen LogP contribution is -2.38. The van der Waals surface area contributed by atoms with Crippen LogP contribution >= 0.6 is 0 Å². The molecule has 1 amide bonds. The lowest BCUT2D eigenvalue weighted by molar-refractivity contribution is -0.140. The number of aryl methyl sites for hydroxylation is 1. The van der Waals surface area contributed by atoms with Crippen LogP contribution in [0.4, 0.5) is 0 Å². The van der Waals surface area contributed by atoms with Crippen molar-refractivity contribution in [2.75, 3.05) is 33.3 Å². The van der Waals surface area contributed by atoms with Crippen molar-refractivity contribution in [3.05, 3.63) is 59.2 Å². The van der Waals surface area contributed by atoms with Crippen LogP contribution in [0, 0.1) is 12.8 Å². The summed E-state index contributed by atoms with van der Waals surface area (Å²) >= 11 is 0. The van der Waals surface area contributed by atoms with E-state index >= 15 is 0 Å². The molecule has 0 bridgehead atoms. The summed E-state index contributed by atoms with van der Waals surface area (Å²) < 4.78 is 5.22. The number of ketones is 2. The minimum atomic E-state index is -1.14. The van der Waals surface area contributed by atoms with Gasteiger partial charge in [0.25, 0.3) is 5.91 Å². The lowest BCUT2D eigenvalue weighted by atomic mass is 9.85. The Balaban J connectivity index is 2.02. The van der Waals surface area contributed by atoms with E-state index in [2.05, 4.69) is 4.90 Å². The smallest absolute Gasteiger partial charge is 0.291 e. The lowest BCUT2D eigenvalue weighted by Gasteiger charge is -2.29. The highest BCUT2D eigenvalue weighted by molar-refractivity contribution is 6.44. The zero-order valence-electron chi connectivity index (χ0n) is 19.0. The van der Waals surface area contributed by atoms with E-state index in [0.29, 0.717) is 35.5 Å². The molecule has 2 atom stereocenters. The number of hydrogen-bond donors (Lipinski definition) is 1. The minimum absolute atomic E-state index is 0.0768. The summed E-state index contributed by atoms with van der Waals surface area (Å²) in [5.74, 6) is -2.16. The number of carbonyl (C=O) groups excluding carboxylic acids is 3. The highest BCUT2D eigenvalue weighted by Crippen LogP contribution is 2.39. The molecule has 1 fully saturated rings. The van der Waals surface area contributed by atoms with E-state index in [1.165, 1.54) is 17.0 Å². The summed E-state index contributed by atoms with van der Waals surface area (Å²) in [4.78, 5) is 43.4. The van der Waals surface area contributed by atoms with Crippen molar-refractivity contribution in [2.24, 2.45) is 5.92 Å². The highest BCUT2D eigenvalue weighted by Gasteiger charge is 2.51. The Labute approximate surface area is 188 Å². The van der Waals surface area contributed by atoms with E-state index in [9.17, 15) is 19.5 Å². The molecule has 0 radical (unpaired) electrons. The third kappa shape index (κ3) is 4.53. The zero-order chi connectivity index (χ0) is 23.4. The Morgan fingerprint density at radius 2 is 1.75 bits per heavy atom. The number of Topliss-reactive ketones (excluding diaryl/α,β-unsaturated/α-hetero) is 2. The van der Waals surface area contributed by atoms with Crippen LogP contribution in [-0.4, -0.2) is 65.7 Å². The number of amides is 1. The molecule has 7 nitrogen and oxygen atoms in total. The van der Waals surface area contributed by atoms with E-state index in [1.54, 1.807) is 44.4 Å². The first kappa shape index (κ1) is 23.5. The summed E-state index contributed by atoms with van der Waals surface area (Å²) in [5.41, 5.74) is 1.72. The largest absolute Gasteiger partial charge is 0.508 e. The van der Waals surface area contributed by atoms with Gasteiger partial charge in [0.15, 0.2) is 5.78 Å². The molecule has 1 aliphatic heterocycles. The van der Waals surface area contributed by atoms with Gasteiger partial charge in [-0.2, -0.15) is 0 Å². The summed E-state index contributed by atoms with van der Waals surface area (Å²) in [6, 6.07) is 10.7. The third-order valence-electron chi connectivity index (χ3n) is 6.17. The fourth-order valence-corrected chi connectivity index (χ4v) is 4.27. The molecule has 0 aliphatic carbocycles. The van der Waals surface area contributed by atoms with E-state index in [-0.39, 0.29) is 11.5 Å². The topological polar surface area (TPSA) is 87.2 Å². The number of carbonyl (C=O) groups is 3.